The van der Waals surface area contributed by atoms with Crippen LogP contribution in [0.15, 0.2) is 24.5 Å². The lowest BCUT2D eigenvalue weighted by atomic mass is 9.95. The molecular weight excluding hydrogens is 357 g/mol. The van der Waals surface area contributed by atoms with Crippen molar-refractivity contribution in [1.29, 1.82) is 0 Å². The molecule has 0 unspecified atom stereocenters. The van der Waals surface area contributed by atoms with Gasteiger partial charge in [-0.1, -0.05) is 6.07 Å². The molecule has 2 aromatic heterocycles. The van der Waals surface area contributed by atoms with Crippen LogP contribution in [0.25, 0.3) is 0 Å². The van der Waals surface area contributed by atoms with Crippen LogP contribution in [-0.4, -0.2) is 48.2 Å². The highest BCUT2D eigenvalue weighted by Gasteiger charge is 2.24. The van der Waals surface area contributed by atoms with E-state index < -0.39 is 6.17 Å². The molecule has 2 aliphatic rings. The van der Waals surface area contributed by atoms with Gasteiger partial charge in [-0.05, 0) is 48.9 Å². The molecule has 0 amide bonds. The molecule has 5 nitrogen and oxygen atoms in total. The van der Waals surface area contributed by atoms with Gasteiger partial charge in [0.05, 0.1) is 13.2 Å². The van der Waals surface area contributed by atoms with Crippen LogP contribution in [0.3, 0.4) is 0 Å². The monoisotopic (exact) mass is 383 g/mol. The lowest BCUT2D eigenvalue weighted by molar-refractivity contribution is 0.0991. The summed E-state index contributed by atoms with van der Waals surface area (Å²) in [5.41, 5.74) is 4.65. The maximum atomic E-state index is 13.6. The van der Waals surface area contributed by atoms with E-state index in [1.807, 2.05) is 19.1 Å². The molecular formula is C22H26FN3O2. The first kappa shape index (κ1) is 19.0. The zero-order chi connectivity index (χ0) is 19.5. The Morgan fingerprint density at radius 3 is 2.79 bits per heavy atom. The van der Waals surface area contributed by atoms with E-state index in [0.29, 0.717) is 58.4 Å². The van der Waals surface area contributed by atoms with E-state index in [1.54, 1.807) is 12.4 Å². The predicted molar refractivity (Wildman–Crippen MR) is 106 cm³/mol. The van der Waals surface area contributed by atoms with Crippen LogP contribution in [0.2, 0.25) is 0 Å². The lowest BCUT2D eigenvalue weighted by Gasteiger charge is -2.30. The Morgan fingerprint density at radius 2 is 2.00 bits per heavy atom. The number of anilines is 1. The fourth-order valence-electron chi connectivity index (χ4n) is 4.02. The van der Waals surface area contributed by atoms with E-state index in [1.165, 1.54) is 0 Å². The van der Waals surface area contributed by atoms with Gasteiger partial charge in [0.15, 0.2) is 5.78 Å². The fraction of sp³-hybridized carbons (Fsp3) is 0.500. The van der Waals surface area contributed by atoms with Gasteiger partial charge >= 0.3 is 0 Å². The van der Waals surface area contributed by atoms with Crippen LogP contribution in [-0.2, 0) is 24.0 Å². The Hall–Kier alpha value is -2.34. The van der Waals surface area contributed by atoms with Gasteiger partial charge in [-0.2, -0.15) is 0 Å². The maximum absolute atomic E-state index is 13.6. The fourth-order valence-corrected chi connectivity index (χ4v) is 4.02. The first-order valence-electron chi connectivity index (χ1n) is 10.0. The number of rotatable bonds is 4. The summed E-state index contributed by atoms with van der Waals surface area (Å²) in [4.78, 5) is 24.4. The second kappa shape index (κ2) is 8.35. The Labute approximate surface area is 164 Å². The van der Waals surface area contributed by atoms with E-state index in [2.05, 4.69) is 9.88 Å². The zero-order valence-electron chi connectivity index (χ0n) is 16.3. The van der Waals surface area contributed by atoms with E-state index in [-0.39, 0.29) is 5.78 Å². The molecule has 4 heterocycles. The zero-order valence-corrected chi connectivity index (χ0v) is 16.3. The summed E-state index contributed by atoms with van der Waals surface area (Å²) in [5.74, 6) is 0.868. The average molecular weight is 383 g/mol. The summed E-state index contributed by atoms with van der Waals surface area (Å²) in [5, 5.41) is 0. The number of carbonyl (C=O) groups is 1. The third-order valence-electron chi connectivity index (χ3n) is 5.52. The summed E-state index contributed by atoms with van der Waals surface area (Å²) in [6, 6.07) is 3.91. The SMILES string of the molecule is Cc1cncc(CC(=O)c2cc(N3CCC(F)CC3)nc3c2CCOCC3)c1. The van der Waals surface area contributed by atoms with Crippen molar-refractivity contribution in [3.63, 3.8) is 0 Å². The molecule has 148 valence electrons. The van der Waals surface area contributed by atoms with Crippen molar-refractivity contribution in [1.82, 2.24) is 9.97 Å². The molecule has 0 bridgehead atoms. The van der Waals surface area contributed by atoms with Crippen molar-refractivity contribution in [2.75, 3.05) is 31.2 Å². The number of fused-ring (bicyclic) bond motifs is 1. The highest BCUT2D eigenvalue weighted by atomic mass is 19.1. The first-order valence-corrected chi connectivity index (χ1v) is 10.0. The molecule has 6 heteroatoms. The first-order chi connectivity index (χ1) is 13.6. The molecule has 0 aliphatic carbocycles. The van der Waals surface area contributed by atoms with Crippen LogP contribution in [0.4, 0.5) is 10.2 Å². The maximum Gasteiger partial charge on any atom is 0.167 e. The van der Waals surface area contributed by atoms with Crippen molar-refractivity contribution in [3.05, 3.63) is 52.5 Å². The molecule has 2 aromatic rings. The Bertz CT molecular complexity index is 863. The molecule has 28 heavy (non-hydrogen) atoms. The van der Waals surface area contributed by atoms with E-state index in [9.17, 15) is 9.18 Å². The normalized spacial score (nSPS) is 17.9. The standard InChI is InChI=1S/C22H26FN3O2/c1-15-10-16(14-24-13-15)11-21(27)19-12-22(26-6-2-17(23)3-7-26)25-20-5-9-28-8-4-18(19)20/h10,12-14,17H,2-9,11H2,1H3. The second-order valence-electron chi connectivity index (χ2n) is 7.70. The van der Waals surface area contributed by atoms with Crippen LogP contribution in [0, 0.1) is 6.92 Å². The molecule has 0 radical (unpaired) electrons. The highest BCUT2D eigenvalue weighted by molar-refractivity contribution is 5.99. The number of carbonyl (C=O) groups excluding carboxylic acids is 1. The molecule has 1 saturated heterocycles. The number of aromatic nitrogens is 2. The lowest BCUT2D eigenvalue weighted by Crippen LogP contribution is -2.35. The average Bonchev–Trinajstić information content (AvgIpc) is 2.93. The molecule has 0 aromatic carbocycles. The van der Waals surface area contributed by atoms with Crippen LogP contribution in [0.1, 0.15) is 45.6 Å². The molecule has 0 N–H and O–H groups in total. The second-order valence-corrected chi connectivity index (χ2v) is 7.70. The minimum absolute atomic E-state index is 0.0783. The quantitative estimate of drug-likeness (QED) is 0.759. The number of ether oxygens (including phenoxy) is 1. The number of aryl methyl sites for hydroxylation is 1. The summed E-state index contributed by atoms with van der Waals surface area (Å²) in [6.07, 6.45) is 5.55. The number of pyridine rings is 2. The van der Waals surface area contributed by atoms with Gasteiger partial charge in [0.1, 0.15) is 12.0 Å². The molecule has 0 saturated carbocycles. The number of nitrogens with zero attached hydrogens (tertiary/aromatic N) is 3. The third-order valence-corrected chi connectivity index (χ3v) is 5.52. The van der Waals surface area contributed by atoms with Crippen molar-refractivity contribution in [2.45, 2.75) is 45.2 Å². The largest absolute Gasteiger partial charge is 0.381 e. The van der Waals surface area contributed by atoms with E-state index >= 15 is 0 Å². The Morgan fingerprint density at radius 1 is 1.21 bits per heavy atom. The van der Waals surface area contributed by atoms with Crippen molar-refractivity contribution >= 4 is 11.6 Å². The number of piperidine rings is 1. The van der Waals surface area contributed by atoms with Gasteiger partial charge in [-0.3, -0.25) is 9.78 Å². The number of hydrogen-bond donors (Lipinski definition) is 0. The smallest absolute Gasteiger partial charge is 0.167 e. The summed E-state index contributed by atoms with van der Waals surface area (Å²) in [7, 11) is 0. The summed E-state index contributed by atoms with van der Waals surface area (Å²) in [6.45, 7) is 4.47. The minimum Gasteiger partial charge on any atom is -0.381 e. The molecule has 2 aliphatic heterocycles. The number of hydrogen-bond acceptors (Lipinski definition) is 5. The van der Waals surface area contributed by atoms with Gasteiger partial charge < -0.3 is 9.64 Å². The summed E-state index contributed by atoms with van der Waals surface area (Å²) < 4.78 is 19.2. The number of ketones is 1. The van der Waals surface area contributed by atoms with Gasteiger partial charge in [-0.15, -0.1) is 0 Å². The Kier molecular flexibility index (Phi) is 5.67. The van der Waals surface area contributed by atoms with Crippen LogP contribution < -0.4 is 4.90 Å². The van der Waals surface area contributed by atoms with Crippen molar-refractivity contribution in [3.8, 4) is 0 Å². The topological polar surface area (TPSA) is 55.3 Å². The number of halogens is 1. The van der Waals surface area contributed by atoms with Gasteiger partial charge in [-0.25, -0.2) is 9.37 Å². The van der Waals surface area contributed by atoms with Crippen LogP contribution >= 0.6 is 0 Å². The van der Waals surface area contributed by atoms with Gasteiger partial charge in [0, 0.05) is 49.6 Å². The number of alkyl halides is 1. The molecule has 4 rings (SSSR count). The highest BCUT2D eigenvalue weighted by Crippen LogP contribution is 2.27. The van der Waals surface area contributed by atoms with Crippen molar-refractivity contribution < 1.29 is 13.9 Å². The van der Waals surface area contributed by atoms with Gasteiger partial charge in [0.2, 0.25) is 0 Å². The third kappa shape index (κ3) is 4.22. The molecule has 1 fully saturated rings. The van der Waals surface area contributed by atoms with E-state index in [4.69, 9.17) is 9.72 Å². The van der Waals surface area contributed by atoms with Crippen LogP contribution in [0.5, 0.6) is 0 Å². The predicted octanol–water partition coefficient (Wildman–Crippen LogP) is 3.26. The van der Waals surface area contributed by atoms with E-state index in [0.717, 1.165) is 33.8 Å². The number of Topliss-reactive ketones (excluding diaryl/α,β-unsaturated/α-hetero) is 1. The summed E-state index contributed by atoms with van der Waals surface area (Å²) >= 11 is 0. The minimum atomic E-state index is -0.736. The molecule has 0 spiro atoms. The Balaban J connectivity index is 1.67. The van der Waals surface area contributed by atoms with Crippen molar-refractivity contribution in [2.24, 2.45) is 0 Å². The molecule has 0 atom stereocenters. The van der Waals surface area contributed by atoms with Gasteiger partial charge in [0.25, 0.3) is 0 Å².